The van der Waals surface area contributed by atoms with E-state index in [0.717, 1.165) is 16.7 Å². The van der Waals surface area contributed by atoms with Crippen LogP contribution in [0.4, 0.5) is 0 Å². The van der Waals surface area contributed by atoms with Gasteiger partial charge in [0, 0.05) is 11.0 Å². The summed E-state index contributed by atoms with van der Waals surface area (Å²) < 4.78 is 0. The molecule has 1 rings (SSSR count). The van der Waals surface area contributed by atoms with Crippen LogP contribution in [0.1, 0.15) is 37.5 Å². The zero-order valence-electron chi connectivity index (χ0n) is 11.8. The van der Waals surface area contributed by atoms with Gasteiger partial charge in [0.05, 0.1) is 0 Å². The molecule has 0 saturated carbocycles. The average molecular weight is 240 g/mol. The van der Waals surface area contributed by atoms with Crippen molar-refractivity contribution in [1.29, 1.82) is 0 Å². The smallest absolute Gasteiger partial charge is 0.176 e. The number of hydrogen-bond acceptors (Lipinski definition) is 1. The summed E-state index contributed by atoms with van der Waals surface area (Å²) in [5.41, 5.74) is 3.12. The fourth-order valence-corrected chi connectivity index (χ4v) is 1.47. The Labute approximate surface area is 110 Å². The number of rotatable bonds is 0. The Bertz CT molecular complexity index is 519. The van der Waals surface area contributed by atoms with Gasteiger partial charge in [-0.15, -0.1) is 0 Å². The third-order valence-corrected chi connectivity index (χ3v) is 2.40. The maximum absolute atomic E-state index is 9.71. The van der Waals surface area contributed by atoms with E-state index >= 15 is 0 Å². The van der Waals surface area contributed by atoms with Crippen LogP contribution in [0.25, 0.3) is 0 Å². The van der Waals surface area contributed by atoms with Crippen molar-refractivity contribution in [2.45, 2.75) is 40.7 Å². The van der Waals surface area contributed by atoms with E-state index in [1.54, 1.807) is 0 Å². The van der Waals surface area contributed by atoms with E-state index in [2.05, 4.69) is 23.7 Å². The molecule has 0 saturated heterocycles. The van der Waals surface area contributed by atoms with Crippen molar-refractivity contribution in [1.82, 2.24) is 0 Å². The molecule has 0 aliphatic rings. The van der Waals surface area contributed by atoms with E-state index in [-0.39, 0.29) is 5.41 Å². The van der Waals surface area contributed by atoms with Gasteiger partial charge < -0.3 is 5.11 Å². The molecule has 1 nitrogen and oxygen atoms in total. The number of hydrogen-bond donors (Lipinski definition) is 1. The Morgan fingerprint density at radius 2 is 1.61 bits per heavy atom. The lowest BCUT2D eigenvalue weighted by molar-refractivity contribution is 0.289. The lowest BCUT2D eigenvalue weighted by Gasteiger charge is -2.07. The summed E-state index contributed by atoms with van der Waals surface area (Å²) in [6, 6.07) is 6.04. The Balaban J connectivity index is 2.92. The fraction of sp³-hybridized carbons (Fsp3) is 0.412. The van der Waals surface area contributed by atoms with Gasteiger partial charge in [0.25, 0.3) is 0 Å². The third-order valence-electron chi connectivity index (χ3n) is 2.40. The van der Waals surface area contributed by atoms with Crippen molar-refractivity contribution >= 4 is 0 Å². The first-order valence-corrected chi connectivity index (χ1v) is 6.08. The second-order valence-electron chi connectivity index (χ2n) is 5.46. The van der Waals surface area contributed by atoms with Crippen molar-refractivity contribution in [3.8, 4) is 23.7 Å². The minimum absolute atomic E-state index is 0.110. The first-order chi connectivity index (χ1) is 8.29. The molecule has 1 aromatic carbocycles. The quantitative estimate of drug-likeness (QED) is 0.691. The molecule has 1 unspecified atom stereocenters. The molecule has 1 N–H and O–H groups in total. The van der Waals surface area contributed by atoms with Gasteiger partial charge >= 0.3 is 0 Å². The first kappa shape index (κ1) is 14.4. The van der Waals surface area contributed by atoms with Crippen molar-refractivity contribution < 1.29 is 5.11 Å². The van der Waals surface area contributed by atoms with Crippen LogP contribution in [0.5, 0.6) is 0 Å². The summed E-state index contributed by atoms with van der Waals surface area (Å²) in [6.07, 6.45) is -0.886. The lowest BCUT2D eigenvalue weighted by atomic mass is 9.97. The maximum Gasteiger partial charge on any atom is 0.176 e. The SMILES string of the molecule is Cc1cccc(C)c1C#CC(O)C#CC(C)(C)C. The van der Waals surface area contributed by atoms with Gasteiger partial charge in [0.1, 0.15) is 0 Å². The molecule has 0 fully saturated rings. The molecule has 0 aromatic heterocycles. The maximum atomic E-state index is 9.71. The molecule has 0 heterocycles. The van der Waals surface area contributed by atoms with E-state index in [1.807, 2.05) is 52.8 Å². The van der Waals surface area contributed by atoms with E-state index < -0.39 is 6.10 Å². The summed E-state index contributed by atoms with van der Waals surface area (Å²) >= 11 is 0. The predicted octanol–water partition coefficient (Wildman–Crippen LogP) is 3.07. The van der Waals surface area contributed by atoms with Crippen LogP contribution >= 0.6 is 0 Å². The predicted molar refractivity (Wildman–Crippen MR) is 76.0 cm³/mol. The van der Waals surface area contributed by atoms with Gasteiger partial charge in [-0.2, -0.15) is 0 Å². The molecular formula is C17H20O. The molecule has 0 amide bonds. The van der Waals surface area contributed by atoms with Crippen molar-refractivity contribution in [2.24, 2.45) is 5.41 Å². The Kier molecular flexibility index (Phi) is 4.60. The van der Waals surface area contributed by atoms with Crippen molar-refractivity contribution in [2.75, 3.05) is 0 Å². The van der Waals surface area contributed by atoms with Gasteiger partial charge in [0.2, 0.25) is 0 Å². The highest BCUT2D eigenvalue weighted by Crippen LogP contribution is 2.12. The molecule has 0 radical (unpaired) electrons. The summed E-state index contributed by atoms with van der Waals surface area (Å²) in [5.74, 6) is 11.5. The average Bonchev–Trinajstić information content (AvgIpc) is 2.25. The molecule has 0 aliphatic heterocycles. The summed E-state index contributed by atoms with van der Waals surface area (Å²) in [7, 11) is 0. The molecule has 1 heteroatoms. The lowest BCUT2D eigenvalue weighted by Crippen LogP contribution is -2.04. The van der Waals surface area contributed by atoms with Gasteiger partial charge in [-0.3, -0.25) is 0 Å². The van der Waals surface area contributed by atoms with Crippen molar-refractivity contribution in [3.05, 3.63) is 34.9 Å². The fourth-order valence-electron chi connectivity index (χ4n) is 1.47. The van der Waals surface area contributed by atoms with E-state index in [9.17, 15) is 5.11 Å². The molecule has 1 aromatic rings. The van der Waals surface area contributed by atoms with Crippen LogP contribution in [0.2, 0.25) is 0 Å². The zero-order valence-corrected chi connectivity index (χ0v) is 11.8. The minimum atomic E-state index is -0.886. The number of aryl methyl sites for hydroxylation is 2. The van der Waals surface area contributed by atoms with Crippen molar-refractivity contribution in [3.63, 3.8) is 0 Å². The topological polar surface area (TPSA) is 20.2 Å². The van der Waals surface area contributed by atoms with Crippen LogP contribution in [0.3, 0.4) is 0 Å². The van der Waals surface area contributed by atoms with Crippen LogP contribution in [0, 0.1) is 42.9 Å². The molecule has 94 valence electrons. The Hall–Kier alpha value is -1.70. The van der Waals surface area contributed by atoms with Gasteiger partial charge in [-0.1, -0.05) is 41.9 Å². The normalized spacial score (nSPS) is 11.9. The van der Waals surface area contributed by atoms with E-state index in [0.29, 0.717) is 0 Å². The minimum Gasteiger partial charge on any atom is -0.369 e. The second kappa shape index (κ2) is 5.76. The van der Waals surface area contributed by atoms with Crippen LogP contribution in [0.15, 0.2) is 18.2 Å². The highest BCUT2D eigenvalue weighted by atomic mass is 16.3. The Morgan fingerprint density at radius 1 is 1.06 bits per heavy atom. The number of benzene rings is 1. The Morgan fingerprint density at radius 3 is 2.11 bits per heavy atom. The monoisotopic (exact) mass is 240 g/mol. The zero-order chi connectivity index (χ0) is 13.8. The summed E-state index contributed by atoms with van der Waals surface area (Å²) in [6.45, 7) is 10.1. The highest BCUT2D eigenvalue weighted by Gasteiger charge is 2.04. The highest BCUT2D eigenvalue weighted by molar-refractivity contribution is 5.47. The molecule has 0 bridgehead atoms. The van der Waals surface area contributed by atoms with E-state index in [4.69, 9.17) is 0 Å². The van der Waals surface area contributed by atoms with Gasteiger partial charge in [-0.05, 0) is 45.7 Å². The standard InChI is InChI=1S/C17H20O/c1-13-7-6-8-14(2)16(13)10-9-15(18)11-12-17(3,4)5/h6-8,15,18H,1-5H3. The largest absolute Gasteiger partial charge is 0.369 e. The van der Waals surface area contributed by atoms with E-state index in [1.165, 1.54) is 0 Å². The molecule has 18 heavy (non-hydrogen) atoms. The van der Waals surface area contributed by atoms with Crippen LogP contribution in [-0.2, 0) is 0 Å². The third kappa shape index (κ3) is 4.66. The molecule has 1 atom stereocenters. The van der Waals surface area contributed by atoms with Crippen LogP contribution in [-0.4, -0.2) is 11.2 Å². The number of aliphatic hydroxyl groups is 1. The van der Waals surface area contributed by atoms with Gasteiger partial charge in [0.15, 0.2) is 6.10 Å². The number of aliphatic hydroxyl groups excluding tert-OH is 1. The summed E-state index contributed by atoms with van der Waals surface area (Å²) in [4.78, 5) is 0. The molecule has 0 spiro atoms. The summed E-state index contributed by atoms with van der Waals surface area (Å²) in [5, 5.41) is 9.71. The van der Waals surface area contributed by atoms with Crippen LogP contribution < -0.4 is 0 Å². The second-order valence-corrected chi connectivity index (χ2v) is 5.46. The molecular weight excluding hydrogens is 220 g/mol. The van der Waals surface area contributed by atoms with Gasteiger partial charge in [-0.25, -0.2) is 0 Å². The molecule has 0 aliphatic carbocycles. The first-order valence-electron chi connectivity index (χ1n) is 6.08.